The summed E-state index contributed by atoms with van der Waals surface area (Å²) in [6.07, 6.45) is 0. The van der Waals surface area contributed by atoms with E-state index in [4.69, 9.17) is 16.7 Å². The normalized spacial score (nSPS) is 12.3. The topological polar surface area (TPSA) is 57.6 Å². The molecule has 0 fully saturated rings. The van der Waals surface area contributed by atoms with Crippen molar-refractivity contribution in [1.82, 2.24) is 4.31 Å². The van der Waals surface area contributed by atoms with E-state index in [0.717, 1.165) is 16.9 Å². The zero-order valence-electron chi connectivity index (χ0n) is 9.10. The Morgan fingerprint density at radius 3 is 2.56 bits per heavy atom. The van der Waals surface area contributed by atoms with Crippen LogP contribution in [-0.2, 0) is 10.0 Å². The molecule has 1 aromatic rings. The SMILES string of the molecule is CCN(CCO)S(=O)(=O)c1cc(C)c(Cl)s1. The molecule has 0 aliphatic rings. The fraction of sp³-hybridized carbons (Fsp3) is 0.556. The van der Waals surface area contributed by atoms with Crippen molar-refractivity contribution in [2.75, 3.05) is 19.7 Å². The predicted octanol–water partition coefficient (Wildman–Crippen LogP) is 1.71. The lowest BCUT2D eigenvalue weighted by atomic mass is 10.4. The van der Waals surface area contributed by atoms with Crippen molar-refractivity contribution in [1.29, 1.82) is 0 Å². The second kappa shape index (κ2) is 5.46. The number of aliphatic hydroxyl groups excluding tert-OH is 1. The first kappa shape index (κ1) is 13.9. The zero-order valence-corrected chi connectivity index (χ0v) is 11.5. The fourth-order valence-electron chi connectivity index (χ4n) is 1.25. The number of sulfonamides is 1. The van der Waals surface area contributed by atoms with Crippen molar-refractivity contribution in [2.24, 2.45) is 0 Å². The van der Waals surface area contributed by atoms with E-state index >= 15 is 0 Å². The monoisotopic (exact) mass is 283 g/mol. The first-order valence-electron chi connectivity index (χ1n) is 4.80. The highest BCUT2D eigenvalue weighted by Gasteiger charge is 2.25. The summed E-state index contributed by atoms with van der Waals surface area (Å²) in [5.41, 5.74) is 0.755. The maximum atomic E-state index is 12.1. The van der Waals surface area contributed by atoms with E-state index in [0.29, 0.717) is 10.9 Å². The quantitative estimate of drug-likeness (QED) is 0.895. The first-order chi connectivity index (χ1) is 7.43. The maximum Gasteiger partial charge on any atom is 0.252 e. The molecule has 16 heavy (non-hydrogen) atoms. The van der Waals surface area contributed by atoms with Crippen LogP contribution in [-0.4, -0.2) is 37.5 Å². The van der Waals surface area contributed by atoms with Gasteiger partial charge in [-0.3, -0.25) is 0 Å². The molecule has 1 N–H and O–H groups in total. The van der Waals surface area contributed by atoms with Crippen molar-refractivity contribution < 1.29 is 13.5 Å². The standard InChI is InChI=1S/C9H14ClNO3S2/c1-3-11(4-5-12)16(13,14)8-6-7(2)9(10)15-8/h6,12H,3-5H2,1-2H3. The van der Waals surface area contributed by atoms with Gasteiger partial charge in [0.2, 0.25) is 0 Å². The molecule has 1 heterocycles. The number of nitrogens with zero attached hydrogens (tertiary/aromatic N) is 1. The van der Waals surface area contributed by atoms with Gasteiger partial charge < -0.3 is 5.11 Å². The van der Waals surface area contributed by atoms with E-state index < -0.39 is 10.0 Å². The Hall–Kier alpha value is -0.140. The molecule has 0 amide bonds. The lowest BCUT2D eigenvalue weighted by molar-refractivity contribution is 0.257. The second-order valence-corrected chi connectivity index (χ2v) is 7.06. The Kier molecular flexibility index (Phi) is 4.75. The average molecular weight is 284 g/mol. The average Bonchev–Trinajstić information content (AvgIpc) is 2.56. The summed E-state index contributed by atoms with van der Waals surface area (Å²) < 4.78 is 26.1. The Morgan fingerprint density at radius 2 is 2.19 bits per heavy atom. The highest BCUT2D eigenvalue weighted by Crippen LogP contribution is 2.31. The van der Waals surface area contributed by atoms with Gasteiger partial charge in [-0.25, -0.2) is 8.42 Å². The van der Waals surface area contributed by atoms with Crippen LogP contribution in [0.4, 0.5) is 0 Å². The number of halogens is 1. The number of rotatable bonds is 5. The van der Waals surface area contributed by atoms with Gasteiger partial charge in [-0.15, -0.1) is 11.3 Å². The van der Waals surface area contributed by atoms with Gasteiger partial charge in [-0.05, 0) is 18.6 Å². The summed E-state index contributed by atoms with van der Waals surface area (Å²) in [6.45, 7) is 3.74. The Balaban J connectivity index is 3.09. The summed E-state index contributed by atoms with van der Waals surface area (Å²) in [5, 5.41) is 8.81. The summed E-state index contributed by atoms with van der Waals surface area (Å²) >= 11 is 6.89. The number of hydrogen-bond acceptors (Lipinski definition) is 4. The van der Waals surface area contributed by atoms with Gasteiger partial charge in [-0.2, -0.15) is 4.31 Å². The minimum Gasteiger partial charge on any atom is -0.395 e. The van der Waals surface area contributed by atoms with Crippen molar-refractivity contribution in [3.8, 4) is 0 Å². The van der Waals surface area contributed by atoms with Crippen LogP contribution in [0.2, 0.25) is 4.34 Å². The molecule has 1 rings (SSSR count). The molecule has 1 aromatic heterocycles. The van der Waals surface area contributed by atoms with Crippen LogP contribution >= 0.6 is 22.9 Å². The van der Waals surface area contributed by atoms with Crippen LogP contribution < -0.4 is 0 Å². The van der Waals surface area contributed by atoms with Crippen LogP contribution in [0.3, 0.4) is 0 Å². The van der Waals surface area contributed by atoms with Crippen LogP contribution in [0.15, 0.2) is 10.3 Å². The third kappa shape index (κ3) is 2.75. The molecular weight excluding hydrogens is 270 g/mol. The number of likely N-dealkylation sites (N-methyl/N-ethyl adjacent to an activating group) is 1. The smallest absolute Gasteiger partial charge is 0.252 e. The minimum absolute atomic E-state index is 0.105. The molecule has 92 valence electrons. The van der Waals surface area contributed by atoms with Crippen LogP contribution in [0.5, 0.6) is 0 Å². The van der Waals surface area contributed by atoms with E-state index in [9.17, 15) is 8.42 Å². The Labute approximate surface area is 105 Å². The van der Waals surface area contributed by atoms with E-state index in [2.05, 4.69) is 0 Å². The molecule has 0 atom stereocenters. The minimum atomic E-state index is -3.51. The molecule has 0 saturated heterocycles. The van der Waals surface area contributed by atoms with Gasteiger partial charge in [0.25, 0.3) is 10.0 Å². The molecule has 0 unspecified atom stereocenters. The molecule has 0 spiro atoms. The Bertz CT molecular complexity index is 436. The van der Waals surface area contributed by atoms with Crippen LogP contribution in [0.1, 0.15) is 12.5 Å². The number of thiophene rings is 1. The van der Waals surface area contributed by atoms with E-state index in [-0.39, 0.29) is 17.4 Å². The molecular formula is C9H14ClNO3S2. The number of aliphatic hydroxyl groups is 1. The largest absolute Gasteiger partial charge is 0.395 e. The summed E-state index contributed by atoms with van der Waals surface area (Å²) in [6, 6.07) is 1.56. The molecule has 0 aliphatic carbocycles. The molecule has 0 aliphatic heterocycles. The summed E-state index contributed by atoms with van der Waals surface area (Å²) in [7, 11) is -3.51. The molecule has 0 bridgehead atoms. The van der Waals surface area contributed by atoms with E-state index in [1.165, 1.54) is 4.31 Å². The van der Waals surface area contributed by atoms with Gasteiger partial charge in [0, 0.05) is 13.1 Å². The highest BCUT2D eigenvalue weighted by molar-refractivity contribution is 7.91. The lowest BCUT2D eigenvalue weighted by Crippen LogP contribution is -2.32. The highest BCUT2D eigenvalue weighted by atomic mass is 35.5. The summed E-state index contributed by atoms with van der Waals surface area (Å²) in [4.78, 5) is 0. The van der Waals surface area contributed by atoms with Crippen molar-refractivity contribution >= 4 is 33.0 Å². The van der Waals surface area contributed by atoms with Gasteiger partial charge >= 0.3 is 0 Å². The van der Waals surface area contributed by atoms with Crippen molar-refractivity contribution in [2.45, 2.75) is 18.1 Å². The molecule has 0 radical (unpaired) electrons. The van der Waals surface area contributed by atoms with Gasteiger partial charge in [-0.1, -0.05) is 18.5 Å². The zero-order chi connectivity index (χ0) is 12.3. The Morgan fingerprint density at radius 1 is 1.56 bits per heavy atom. The maximum absolute atomic E-state index is 12.1. The number of aryl methyl sites for hydroxylation is 1. The predicted molar refractivity (Wildman–Crippen MR) is 65.6 cm³/mol. The molecule has 4 nitrogen and oxygen atoms in total. The van der Waals surface area contributed by atoms with Crippen LogP contribution in [0.25, 0.3) is 0 Å². The van der Waals surface area contributed by atoms with E-state index in [1.807, 2.05) is 0 Å². The molecule has 0 saturated carbocycles. The third-order valence-corrected chi connectivity index (χ3v) is 6.11. The first-order valence-corrected chi connectivity index (χ1v) is 7.43. The van der Waals surface area contributed by atoms with Gasteiger partial charge in [0.15, 0.2) is 0 Å². The summed E-state index contributed by atoms with van der Waals surface area (Å²) in [5.74, 6) is 0. The molecule has 0 aromatic carbocycles. The van der Waals surface area contributed by atoms with Gasteiger partial charge in [0.05, 0.1) is 10.9 Å². The third-order valence-electron chi connectivity index (χ3n) is 2.13. The van der Waals surface area contributed by atoms with Crippen molar-refractivity contribution in [3.05, 3.63) is 16.0 Å². The van der Waals surface area contributed by atoms with E-state index in [1.54, 1.807) is 19.9 Å². The van der Waals surface area contributed by atoms with Gasteiger partial charge in [0.1, 0.15) is 4.21 Å². The van der Waals surface area contributed by atoms with Crippen molar-refractivity contribution in [3.63, 3.8) is 0 Å². The lowest BCUT2D eigenvalue weighted by Gasteiger charge is -2.17. The second-order valence-electron chi connectivity index (χ2n) is 3.24. The fourth-order valence-corrected chi connectivity index (χ4v) is 4.55. The van der Waals surface area contributed by atoms with Crippen LogP contribution in [0, 0.1) is 6.92 Å². The molecule has 7 heteroatoms. The number of hydrogen-bond donors (Lipinski definition) is 1.